The van der Waals surface area contributed by atoms with Crippen LogP contribution in [0.5, 0.6) is 0 Å². The second-order valence-electron chi connectivity index (χ2n) is 2.14. The highest BCUT2D eigenvalue weighted by atomic mass is 35.9. The van der Waals surface area contributed by atoms with Crippen molar-refractivity contribution < 1.29 is 13.9 Å². The maximum atomic E-state index is 10.8. The first-order chi connectivity index (χ1) is 6.10. The highest BCUT2D eigenvalue weighted by molar-refractivity contribution is 8.08. The van der Waals surface area contributed by atoms with E-state index in [4.69, 9.17) is 45.0 Å². The van der Waals surface area contributed by atoms with Crippen molar-refractivity contribution in [3.8, 4) is 0 Å². The number of halogens is 4. The summed E-state index contributed by atoms with van der Waals surface area (Å²) in [5.74, 6) is -6.69. The molecule has 14 heavy (non-hydrogen) atoms. The van der Waals surface area contributed by atoms with Gasteiger partial charge in [0.2, 0.25) is 0 Å². The normalized spacial score (nSPS) is 12.3. The molecule has 0 fully saturated rings. The Morgan fingerprint density at radius 3 is 1.43 bits per heavy atom. The van der Waals surface area contributed by atoms with E-state index in [2.05, 4.69) is 10.6 Å². The number of rotatable bonds is 4. The number of amides is 2. The summed E-state index contributed by atoms with van der Waals surface area (Å²) in [5.41, 5.74) is 0. The quantitative estimate of drug-likeness (QED) is 0.778. The van der Waals surface area contributed by atoms with Crippen LogP contribution in [0, 0.1) is 0 Å². The number of hydrogen-bond acceptors (Lipinski definition) is 3. The van der Waals surface area contributed by atoms with Crippen molar-refractivity contribution in [2.45, 2.75) is 0 Å². The molecule has 0 aliphatic heterocycles. The zero-order valence-electron chi connectivity index (χ0n) is 6.55. The van der Waals surface area contributed by atoms with Gasteiger partial charge in [-0.05, 0) is 45.0 Å². The molecule has 5 nitrogen and oxygen atoms in total. The van der Waals surface area contributed by atoms with E-state index in [-0.39, 0.29) is 0 Å². The fourth-order valence-corrected chi connectivity index (χ4v) is 1.76. The topological polar surface area (TPSA) is 75.3 Å². The molecule has 0 atom stereocenters. The van der Waals surface area contributed by atoms with Crippen molar-refractivity contribution >= 4 is 62.7 Å². The Balaban J connectivity index is 3.79. The van der Waals surface area contributed by atoms with E-state index in [9.17, 15) is 13.9 Å². The Hall–Kier alpha value is 0.890. The molecule has 0 aliphatic carbocycles. The summed E-state index contributed by atoms with van der Waals surface area (Å²) >= 11 is 20.6. The van der Waals surface area contributed by atoms with Gasteiger partial charge >= 0.3 is 6.03 Å². The lowest BCUT2D eigenvalue weighted by Crippen LogP contribution is -2.35. The van der Waals surface area contributed by atoms with Gasteiger partial charge in [0.05, 0.1) is 12.6 Å². The van der Waals surface area contributed by atoms with E-state index < -0.39 is 30.3 Å². The van der Waals surface area contributed by atoms with Gasteiger partial charge < -0.3 is 10.6 Å². The van der Waals surface area contributed by atoms with Gasteiger partial charge in [0.1, 0.15) is 0 Å². The van der Waals surface area contributed by atoms with Crippen LogP contribution in [0.15, 0.2) is 0 Å². The average Bonchev–Trinajstić information content (AvgIpc) is 1.94. The van der Waals surface area contributed by atoms with Gasteiger partial charge in [0.25, 0.3) is 11.7 Å². The van der Waals surface area contributed by atoms with Crippen LogP contribution < -0.4 is 10.6 Å². The Morgan fingerprint density at radius 1 is 0.929 bits per heavy atom. The average molecular weight is 322 g/mol. The molecule has 0 spiro atoms. The summed E-state index contributed by atoms with van der Waals surface area (Å²) in [6.45, 7) is 0. The van der Waals surface area contributed by atoms with E-state index in [1.54, 1.807) is 0 Å². The van der Waals surface area contributed by atoms with E-state index >= 15 is 0 Å². The van der Waals surface area contributed by atoms with Crippen LogP contribution in [0.4, 0.5) is 4.79 Å². The zero-order valence-corrected chi connectivity index (χ0v) is 11.4. The molecule has 0 radical (unpaired) electrons. The molecular formula is C3H6Cl4N2O3P2. The molecule has 0 unspecified atom stereocenters. The molecule has 0 heterocycles. The molecule has 0 aliphatic rings. The minimum Gasteiger partial charge on any atom is -0.329 e. The fraction of sp³-hybridized carbons (Fsp3) is 0.667. The number of urea groups is 1. The molecule has 84 valence electrons. The molecule has 2 amide bonds. The largest absolute Gasteiger partial charge is 0.329 e. The highest BCUT2D eigenvalue weighted by Gasteiger charge is 2.17. The highest BCUT2D eigenvalue weighted by Crippen LogP contribution is 2.56. The number of carbonyl (C=O) groups excluding carboxylic acids is 1. The monoisotopic (exact) mass is 320 g/mol. The van der Waals surface area contributed by atoms with Crippen molar-refractivity contribution in [1.82, 2.24) is 10.6 Å². The first-order valence-corrected chi connectivity index (χ1v) is 10.5. The molecule has 0 bridgehead atoms. The van der Waals surface area contributed by atoms with Crippen molar-refractivity contribution in [3.63, 3.8) is 0 Å². The van der Waals surface area contributed by atoms with Gasteiger partial charge in [-0.2, -0.15) is 0 Å². The molecule has 2 N–H and O–H groups in total. The molecule has 0 aromatic carbocycles. The number of carbonyl (C=O) groups is 1. The van der Waals surface area contributed by atoms with E-state index in [0.717, 1.165) is 0 Å². The van der Waals surface area contributed by atoms with Crippen molar-refractivity contribution in [2.75, 3.05) is 12.6 Å². The molecule has 0 aromatic rings. The minimum atomic E-state index is -3.35. The first-order valence-electron chi connectivity index (χ1n) is 3.08. The lowest BCUT2D eigenvalue weighted by atomic mass is 10.9. The summed E-state index contributed by atoms with van der Waals surface area (Å²) in [7, 11) is 0. The smallest absolute Gasteiger partial charge is 0.315 e. The molecule has 11 heteroatoms. The van der Waals surface area contributed by atoms with Crippen LogP contribution in [-0.2, 0) is 9.13 Å². The number of hydrogen-bond donors (Lipinski definition) is 2. The third-order valence-corrected chi connectivity index (χ3v) is 3.33. The zero-order chi connectivity index (χ0) is 11.4. The van der Waals surface area contributed by atoms with Gasteiger partial charge in [0.15, 0.2) is 0 Å². The molecule has 0 aromatic heterocycles. The van der Waals surface area contributed by atoms with Crippen LogP contribution in [0.3, 0.4) is 0 Å². The van der Waals surface area contributed by atoms with Crippen molar-refractivity contribution in [1.29, 1.82) is 0 Å². The Kier molecular flexibility index (Phi) is 6.20. The van der Waals surface area contributed by atoms with Crippen LogP contribution in [-0.4, -0.2) is 18.6 Å². The third-order valence-electron chi connectivity index (χ3n) is 0.847. The molecule has 0 rings (SSSR count). The van der Waals surface area contributed by atoms with E-state index in [1.807, 2.05) is 0 Å². The summed E-state index contributed by atoms with van der Waals surface area (Å²) < 4.78 is 21.4. The summed E-state index contributed by atoms with van der Waals surface area (Å²) in [5, 5.41) is 4.16. The number of nitrogens with one attached hydrogen (secondary N) is 2. The van der Waals surface area contributed by atoms with Crippen LogP contribution in [0.25, 0.3) is 0 Å². The van der Waals surface area contributed by atoms with Crippen molar-refractivity contribution in [2.24, 2.45) is 0 Å². The molecule has 0 saturated heterocycles. The van der Waals surface area contributed by atoms with E-state index in [1.165, 1.54) is 0 Å². The molecular weight excluding hydrogens is 316 g/mol. The Labute approximate surface area is 99.7 Å². The Bertz CT molecular complexity index is 270. The summed E-state index contributed by atoms with van der Waals surface area (Å²) in [6, 6.07) is -0.756. The summed E-state index contributed by atoms with van der Waals surface area (Å²) in [6.07, 6.45) is -0.784. The first kappa shape index (κ1) is 14.9. The van der Waals surface area contributed by atoms with Crippen molar-refractivity contribution in [3.05, 3.63) is 0 Å². The second-order valence-corrected chi connectivity index (χ2v) is 12.6. The van der Waals surface area contributed by atoms with Gasteiger partial charge in [0, 0.05) is 0 Å². The minimum absolute atomic E-state index is 0.392. The van der Waals surface area contributed by atoms with Crippen LogP contribution >= 0.6 is 56.7 Å². The lowest BCUT2D eigenvalue weighted by molar-refractivity contribution is 0.243. The van der Waals surface area contributed by atoms with Gasteiger partial charge in [-0.3, -0.25) is 9.13 Å². The maximum Gasteiger partial charge on any atom is 0.315 e. The van der Waals surface area contributed by atoms with Gasteiger partial charge in [-0.1, -0.05) is 0 Å². The maximum absolute atomic E-state index is 10.8. The standard InChI is InChI=1S/C3H6Cl4N2O3P2/c4-13(5,11)1-8-3(10)9-2-14(6,7)12/h1-2H2,(H2,8,9,10). The predicted molar refractivity (Wildman–Crippen MR) is 60.0 cm³/mol. The SMILES string of the molecule is O=C(NCP(=O)(Cl)Cl)NCP(=O)(Cl)Cl. The van der Waals surface area contributed by atoms with Gasteiger partial charge in [-0.25, -0.2) is 4.79 Å². The van der Waals surface area contributed by atoms with Gasteiger partial charge in [-0.15, -0.1) is 0 Å². The van der Waals surface area contributed by atoms with Crippen LogP contribution in [0.2, 0.25) is 0 Å². The molecule has 0 saturated carbocycles. The fourth-order valence-electron chi connectivity index (χ4n) is 0.390. The lowest BCUT2D eigenvalue weighted by Gasteiger charge is -2.07. The summed E-state index contributed by atoms with van der Waals surface area (Å²) in [4.78, 5) is 10.8. The second kappa shape index (κ2) is 5.83. The third kappa shape index (κ3) is 11.0. The Morgan fingerprint density at radius 2 is 1.21 bits per heavy atom. The van der Waals surface area contributed by atoms with Crippen LogP contribution in [0.1, 0.15) is 0 Å². The predicted octanol–water partition coefficient (Wildman–Crippen LogP) is 3.54. The van der Waals surface area contributed by atoms with E-state index in [0.29, 0.717) is 0 Å².